The van der Waals surface area contributed by atoms with Crippen LogP contribution in [-0.2, 0) is 11.3 Å². The highest BCUT2D eigenvalue weighted by Gasteiger charge is 2.55. The van der Waals surface area contributed by atoms with Gasteiger partial charge >= 0.3 is 0 Å². The molecule has 1 aromatic rings. The summed E-state index contributed by atoms with van der Waals surface area (Å²) in [4.78, 5) is 5.13. The van der Waals surface area contributed by atoms with Crippen molar-refractivity contribution in [3.05, 3.63) is 33.8 Å². The van der Waals surface area contributed by atoms with Crippen LogP contribution in [0.1, 0.15) is 31.2 Å². The number of fused-ring (bicyclic) bond motifs is 1. The Hall–Kier alpha value is -0.320. The third kappa shape index (κ3) is 4.94. The van der Waals surface area contributed by atoms with Crippen LogP contribution in [0.5, 0.6) is 0 Å². The van der Waals surface area contributed by atoms with Crippen molar-refractivity contribution in [2.24, 2.45) is 17.8 Å². The van der Waals surface area contributed by atoms with Gasteiger partial charge in [0.15, 0.2) is 0 Å². The van der Waals surface area contributed by atoms with Crippen molar-refractivity contribution in [1.82, 2.24) is 9.80 Å². The topological polar surface area (TPSA) is 15.7 Å². The second kappa shape index (κ2) is 8.79. The van der Waals surface area contributed by atoms with Crippen LogP contribution in [0.25, 0.3) is 0 Å². The molecule has 3 aliphatic rings. The van der Waals surface area contributed by atoms with Crippen molar-refractivity contribution in [1.29, 1.82) is 0 Å². The van der Waals surface area contributed by atoms with Crippen LogP contribution in [0.15, 0.2) is 18.2 Å². The van der Waals surface area contributed by atoms with Crippen molar-refractivity contribution < 1.29 is 4.74 Å². The molecule has 0 amide bonds. The number of nitrogens with zero attached hydrogens (tertiary/aromatic N) is 2. The van der Waals surface area contributed by atoms with Crippen LogP contribution < -0.4 is 0 Å². The fraction of sp³-hybridized carbons (Fsp3) is 0.714. The third-order valence-electron chi connectivity index (χ3n) is 6.30. The molecule has 144 valence electrons. The first kappa shape index (κ1) is 19.0. The van der Waals surface area contributed by atoms with Crippen molar-refractivity contribution in [2.45, 2.75) is 32.2 Å². The SMILES string of the molecule is Clc1cc(Cl)cc(CN2CC3C(COCCCN4CCCCC4)C3C2)c1. The van der Waals surface area contributed by atoms with E-state index in [9.17, 15) is 0 Å². The molecule has 2 aliphatic heterocycles. The molecule has 5 heteroatoms. The molecule has 0 N–H and O–H groups in total. The quantitative estimate of drug-likeness (QED) is 0.598. The van der Waals surface area contributed by atoms with Gasteiger partial charge in [-0.3, -0.25) is 4.90 Å². The van der Waals surface area contributed by atoms with Gasteiger partial charge < -0.3 is 9.64 Å². The number of ether oxygens (including phenoxy) is 1. The lowest BCUT2D eigenvalue weighted by molar-refractivity contribution is 0.0967. The molecule has 3 nitrogen and oxygen atoms in total. The van der Waals surface area contributed by atoms with Crippen molar-refractivity contribution in [3.63, 3.8) is 0 Å². The number of hydrogen-bond donors (Lipinski definition) is 0. The molecule has 1 aliphatic carbocycles. The molecule has 2 heterocycles. The van der Waals surface area contributed by atoms with Gasteiger partial charge in [0, 0.05) is 42.8 Å². The number of piperidine rings is 2. The summed E-state index contributed by atoms with van der Waals surface area (Å²) in [6.45, 7) is 9.03. The Kier molecular flexibility index (Phi) is 6.43. The molecule has 2 saturated heterocycles. The minimum absolute atomic E-state index is 0.729. The first-order valence-electron chi connectivity index (χ1n) is 10.2. The minimum atomic E-state index is 0.729. The van der Waals surface area contributed by atoms with Crippen molar-refractivity contribution in [2.75, 3.05) is 45.9 Å². The Morgan fingerprint density at radius 2 is 1.62 bits per heavy atom. The number of likely N-dealkylation sites (tertiary alicyclic amines) is 2. The van der Waals surface area contributed by atoms with Crippen LogP contribution in [-0.4, -0.2) is 55.7 Å². The van der Waals surface area contributed by atoms with E-state index >= 15 is 0 Å². The fourth-order valence-electron chi connectivity index (χ4n) is 4.87. The van der Waals surface area contributed by atoms with Gasteiger partial charge in [0.05, 0.1) is 6.61 Å². The van der Waals surface area contributed by atoms with Gasteiger partial charge in [0.1, 0.15) is 0 Å². The van der Waals surface area contributed by atoms with Gasteiger partial charge in [-0.15, -0.1) is 0 Å². The maximum absolute atomic E-state index is 6.11. The van der Waals surface area contributed by atoms with Crippen LogP contribution in [0.4, 0.5) is 0 Å². The van der Waals surface area contributed by atoms with E-state index in [1.165, 1.54) is 64.0 Å². The molecule has 0 spiro atoms. The van der Waals surface area contributed by atoms with Crippen LogP contribution in [0, 0.1) is 17.8 Å². The summed E-state index contributed by atoms with van der Waals surface area (Å²) >= 11 is 12.2. The summed E-state index contributed by atoms with van der Waals surface area (Å²) in [5, 5.41) is 1.46. The Bertz CT molecular complexity index is 573. The average molecular weight is 397 g/mol. The molecule has 1 aromatic carbocycles. The molecule has 2 unspecified atom stereocenters. The summed E-state index contributed by atoms with van der Waals surface area (Å²) in [7, 11) is 0. The van der Waals surface area contributed by atoms with Gasteiger partial charge in [-0.1, -0.05) is 29.6 Å². The zero-order chi connectivity index (χ0) is 17.9. The second-order valence-corrected chi connectivity index (χ2v) is 9.17. The summed E-state index contributed by atoms with van der Waals surface area (Å²) in [6.07, 6.45) is 5.36. The molecule has 0 aromatic heterocycles. The van der Waals surface area contributed by atoms with Gasteiger partial charge in [-0.25, -0.2) is 0 Å². The lowest BCUT2D eigenvalue weighted by atomic mass is 10.1. The summed E-state index contributed by atoms with van der Waals surface area (Å²) in [5.41, 5.74) is 1.22. The minimum Gasteiger partial charge on any atom is -0.381 e. The zero-order valence-electron chi connectivity index (χ0n) is 15.5. The molecular weight excluding hydrogens is 367 g/mol. The molecular formula is C21H30Cl2N2O. The highest BCUT2D eigenvalue weighted by atomic mass is 35.5. The first-order chi connectivity index (χ1) is 12.7. The van der Waals surface area contributed by atoms with Crippen molar-refractivity contribution in [3.8, 4) is 0 Å². The van der Waals surface area contributed by atoms with E-state index in [1.807, 2.05) is 12.1 Å². The molecule has 0 bridgehead atoms. The fourth-order valence-corrected chi connectivity index (χ4v) is 5.44. The van der Waals surface area contributed by atoms with Crippen LogP contribution in [0.3, 0.4) is 0 Å². The van der Waals surface area contributed by atoms with Gasteiger partial charge in [-0.2, -0.15) is 0 Å². The van der Waals surface area contributed by atoms with E-state index in [4.69, 9.17) is 27.9 Å². The largest absolute Gasteiger partial charge is 0.381 e. The Morgan fingerprint density at radius 1 is 0.923 bits per heavy atom. The highest BCUT2D eigenvalue weighted by Crippen LogP contribution is 2.52. The maximum atomic E-state index is 6.11. The monoisotopic (exact) mass is 396 g/mol. The second-order valence-electron chi connectivity index (χ2n) is 8.29. The zero-order valence-corrected chi connectivity index (χ0v) is 17.0. The molecule has 1 saturated carbocycles. The van der Waals surface area contributed by atoms with E-state index in [0.29, 0.717) is 0 Å². The number of benzene rings is 1. The van der Waals surface area contributed by atoms with E-state index in [-0.39, 0.29) is 0 Å². The Labute approximate surface area is 167 Å². The lowest BCUT2D eigenvalue weighted by Crippen LogP contribution is -2.31. The van der Waals surface area contributed by atoms with Gasteiger partial charge in [0.25, 0.3) is 0 Å². The number of hydrogen-bond acceptors (Lipinski definition) is 3. The number of halogens is 2. The average Bonchev–Trinajstić information content (AvgIpc) is 3.06. The van der Waals surface area contributed by atoms with E-state index in [1.54, 1.807) is 6.07 Å². The maximum Gasteiger partial charge on any atom is 0.0500 e. The summed E-state index contributed by atoms with van der Waals surface area (Å²) in [5.74, 6) is 2.47. The third-order valence-corrected chi connectivity index (χ3v) is 6.73. The van der Waals surface area contributed by atoms with E-state index in [0.717, 1.165) is 47.6 Å². The van der Waals surface area contributed by atoms with E-state index < -0.39 is 0 Å². The molecule has 3 fully saturated rings. The predicted octanol–water partition coefficient (Wildman–Crippen LogP) is 4.56. The van der Waals surface area contributed by atoms with E-state index in [2.05, 4.69) is 9.80 Å². The summed E-state index contributed by atoms with van der Waals surface area (Å²) in [6, 6.07) is 5.85. The standard InChI is InChI=1S/C21H30Cl2N2O/c22-17-9-16(10-18(23)11-17)12-25-13-19-20(14-25)21(19)15-26-8-4-7-24-5-2-1-3-6-24/h9-11,19-21H,1-8,12-15H2. The Morgan fingerprint density at radius 3 is 2.31 bits per heavy atom. The van der Waals surface area contributed by atoms with Gasteiger partial charge in [0.2, 0.25) is 0 Å². The van der Waals surface area contributed by atoms with Crippen LogP contribution in [0.2, 0.25) is 10.0 Å². The Balaban J connectivity index is 1.10. The molecule has 26 heavy (non-hydrogen) atoms. The summed E-state index contributed by atoms with van der Waals surface area (Å²) < 4.78 is 5.99. The smallest absolute Gasteiger partial charge is 0.0500 e. The molecule has 2 atom stereocenters. The van der Waals surface area contributed by atoms with Gasteiger partial charge in [-0.05, 0) is 73.9 Å². The first-order valence-corrected chi connectivity index (χ1v) is 10.9. The predicted molar refractivity (Wildman–Crippen MR) is 108 cm³/mol. The molecule has 0 radical (unpaired) electrons. The van der Waals surface area contributed by atoms with Crippen molar-refractivity contribution >= 4 is 23.2 Å². The normalized spacial score (nSPS) is 29.1. The lowest BCUT2D eigenvalue weighted by Gasteiger charge is -2.26. The molecule has 4 rings (SSSR count). The number of rotatable bonds is 8. The highest BCUT2D eigenvalue weighted by molar-refractivity contribution is 6.34. The van der Waals surface area contributed by atoms with Crippen LogP contribution >= 0.6 is 23.2 Å².